The van der Waals surface area contributed by atoms with Crippen LogP contribution in [-0.2, 0) is 9.84 Å². The summed E-state index contributed by atoms with van der Waals surface area (Å²) < 4.78 is 32.1. The number of aromatic nitrogens is 2. The molecule has 0 unspecified atom stereocenters. The van der Waals surface area contributed by atoms with Gasteiger partial charge in [-0.25, -0.2) is 8.42 Å². The summed E-state index contributed by atoms with van der Waals surface area (Å²) in [5.41, 5.74) is 4.04. The lowest BCUT2D eigenvalue weighted by Crippen LogP contribution is -2.19. The highest BCUT2D eigenvalue weighted by atomic mass is 32.2. The Morgan fingerprint density at radius 1 is 0.828 bits per heavy atom. The van der Waals surface area contributed by atoms with Crippen LogP contribution in [0.25, 0.3) is 5.82 Å². The molecule has 0 aliphatic heterocycles. The molecular formula is C24H30N2O2S. The summed E-state index contributed by atoms with van der Waals surface area (Å²) in [7, 11) is -3.64. The standard InChI is InChI=1S/C24H30N2O2S/c1-17-15-16-18(2)25(17)24-23(29(27,28)22-13-9-6-10-14-22)19(3)20(4)26(24)21-11-7-5-8-12-21/h6,9-10,13-16,21H,5,7-8,11-12H2,1-4H3. The first-order chi connectivity index (χ1) is 13.8. The Labute approximate surface area is 174 Å². The van der Waals surface area contributed by atoms with Crippen molar-refractivity contribution in [1.29, 1.82) is 0 Å². The molecule has 1 aliphatic carbocycles. The van der Waals surface area contributed by atoms with Gasteiger partial charge in [0.05, 0.1) is 4.90 Å². The molecule has 2 aromatic heterocycles. The van der Waals surface area contributed by atoms with Crippen LogP contribution in [-0.4, -0.2) is 17.6 Å². The molecule has 4 rings (SSSR count). The van der Waals surface area contributed by atoms with E-state index in [1.807, 2.05) is 13.0 Å². The summed E-state index contributed by atoms with van der Waals surface area (Å²) in [5.74, 6) is 0.816. The Morgan fingerprint density at radius 2 is 1.41 bits per heavy atom. The fraction of sp³-hybridized carbons (Fsp3) is 0.417. The molecule has 5 heteroatoms. The summed E-state index contributed by atoms with van der Waals surface area (Å²) in [5, 5.41) is 0. The van der Waals surface area contributed by atoms with Gasteiger partial charge < -0.3 is 9.13 Å². The molecule has 0 amide bonds. The highest BCUT2D eigenvalue weighted by Gasteiger charge is 2.33. The van der Waals surface area contributed by atoms with Gasteiger partial charge in [0.25, 0.3) is 0 Å². The lowest BCUT2D eigenvalue weighted by Gasteiger charge is -2.28. The third kappa shape index (κ3) is 3.25. The predicted molar refractivity (Wildman–Crippen MR) is 117 cm³/mol. The molecular weight excluding hydrogens is 380 g/mol. The van der Waals surface area contributed by atoms with Crippen molar-refractivity contribution < 1.29 is 8.42 Å². The Kier molecular flexibility index (Phi) is 5.19. The third-order valence-electron chi connectivity index (χ3n) is 6.42. The fourth-order valence-corrected chi connectivity index (χ4v) is 6.55. The van der Waals surface area contributed by atoms with Crippen LogP contribution in [0.4, 0.5) is 0 Å². The molecule has 0 N–H and O–H groups in total. The van der Waals surface area contributed by atoms with E-state index in [9.17, 15) is 8.42 Å². The Hall–Kier alpha value is -2.27. The molecule has 4 nitrogen and oxygen atoms in total. The largest absolute Gasteiger partial charge is 0.327 e. The van der Waals surface area contributed by atoms with Gasteiger partial charge in [0, 0.05) is 23.1 Å². The average Bonchev–Trinajstić information content (AvgIpc) is 3.19. The van der Waals surface area contributed by atoms with Crippen LogP contribution in [0.2, 0.25) is 0 Å². The van der Waals surface area contributed by atoms with Crippen LogP contribution < -0.4 is 0 Å². The molecule has 0 bridgehead atoms. The van der Waals surface area contributed by atoms with Crippen molar-refractivity contribution in [3.63, 3.8) is 0 Å². The van der Waals surface area contributed by atoms with E-state index < -0.39 is 9.84 Å². The molecule has 29 heavy (non-hydrogen) atoms. The number of rotatable bonds is 4. The molecule has 2 heterocycles. The average molecular weight is 411 g/mol. The van der Waals surface area contributed by atoms with Crippen molar-refractivity contribution in [1.82, 2.24) is 9.13 Å². The maximum atomic E-state index is 13.8. The molecule has 1 fully saturated rings. The van der Waals surface area contributed by atoms with Gasteiger partial charge in [-0.05, 0) is 70.4 Å². The maximum Gasteiger partial charge on any atom is 0.210 e. The van der Waals surface area contributed by atoms with Gasteiger partial charge in [0.1, 0.15) is 10.7 Å². The Balaban J connectivity index is 2.06. The summed E-state index contributed by atoms with van der Waals surface area (Å²) >= 11 is 0. The monoisotopic (exact) mass is 410 g/mol. The molecule has 154 valence electrons. The molecule has 3 aromatic rings. The zero-order valence-corrected chi connectivity index (χ0v) is 18.6. The van der Waals surface area contributed by atoms with E-state index in [2.05, 4.69) is 42.0 Å². The normalized spacial score (nSPS) is 15.7. The number of benzene rings is 1. The van der Waals surface area contributed by atoms with Crippen molar-refractivity contribution in [2.75, 3.05) is 0 Å². The van der Waals surface area contributed by atoms with E-state index in [4.69, 9.17) is 0 Å². The van der Waals surface area contributed by atoms with Crippen molar-refractivity contribution in [2.24, 2.45) is 0 Å². The fourth-order valence-electron chi connectivity index (χ4n) is 4.82. The second-order valence-corrected chi connectivity index (χ2v) is 10.2. The van der Waals surface area contributed by atoms with E-state index in [1.165, 1.54) is 19.3 Å². The summed E-state index contributed by atoms with van der Waals surface area (Å²) in [6.45, 7) is 8.14. The highest BCUT2D eigenvalue weighted by Crippen LogP contribution is 2.40. The Bertz CT molecular complexity index is 1110. The summed E-state index contributed by atoms with van der Waals surface area (Å²) in [6.07, 6.45) is 5.87. The number of nitrogens with zero attached hydrogens (tertiary/aromatic N) is 2. The summed E-state index contributed by atoms with van der Waals surface area (Å²) in [4.78, 5) is 0.807. The van der Waals surface area contributed by atoms with E-state index in [-0.39, 0.29) is 0 Å². The lowest BCUT2D eigenvalue weighted by molar-refractivity contribution is 0.346. The zero-order chi connectivity index (χ0) is 20.8. The van der Waals surface area contributed by atoms with Gasteiger partial charge in [-0.1, -0.05) is 37.5 Å². The van der Waals surface area contributed by atoms with Gasteiger partial charge in [-0.3, -0.25) is 0 Å². The van der Waals surface area contributed by atoms with E-state index in [0.717, 1.165) is 41.3 Å². The van der Waals surface area contributed by atoms with Crippen LogP contribution >= 0.6 is 0 Å². The zero-order valence-electron chi connectivity index (χ0n) is 17.8. The Morgan fingerprint density at radius 3 is 2.00 bits per heavy atom. The van der Waals surface area contributed by atoms with Crippen LogP contribution in [0.3, 0.4) is 0 Å². The number of hydrogen-bond acceptors (Lipinski definition) is 2. The second kappa shape index (κ2) is 7.52. The van der Waals surface area contributed by atoms with Gasteiger partial charge >= 0.3 is 0 Å². The van der Waals surface area contributed by atoms with E-state index in [0.29, 0.717) is 15.8 Å². The molecule has 1 saturated carbocycles. The van der Waals surface area contributed by atoms with E-state index in [1.54, 1.807) is 24.3 Å². The van der Waals surface area contributed by atoms with Crippen LogP contribution in [0.15, 0.2) is 52.3 Å². The van der Waals surface area contributed by atoms with Crippen molar-refractivity contribution >= 4 is 9.84 Å². The molecule has 0 spiro atoms. The smallest absolute Gasteiger partial charge is 0.210 e. The topological polar surface area (TPSA) is 44.0 Å². The first-order valence-electron chi connectivity index (χ1n) is 10.5. The van der Waals surface area contributed by atoms with Crippen LogP contribution in [0, 0.1) is 27.7 Å². The molecule has 1 aliphatic rings. The molecule has 1 aromatic carbocycles. The highest BCUT2D eigenvalue weighted by molar-refractivity contribution is 7.91. The molecule has 0 saturated heterocycles. The number of aryl methyl sites for hydroxylation is 2. The second-order valence-electron chi connectivity index (χ2n) is 8.29. The van der Waals surface area contributed by atoms with Gasteiger partial charge in [-0.15, -0.1) is 0 Å². The quantitative estimate of drug-likeness (QED) is 0.541. The van der Waals surface area contributed by atoms with Crippen molar-refractivity contribution in [3.05, 3.63) is 65.1 Å². The maximum absolute atomic E-state index is 13.8. The SMILES string of the molecule is Cc1c(S(=O)(=O)c2ccccc2)c(-n2c(C)ccc2C)n(C2CCCCC2)c1C. The van der Waals surface area contributed by atoms with Crippen LogP contribution in [0.5, 0.6) is 0 Å². The first-order valence-corrected chi connectivity index (χ1v) is 12.0. The minimum Gasteiger partial charge on any atom is -0.327 e. The van der Waals surface area contributed by atoms with Crippen LogP contribution in [0.1, 0.15) is 60.8 Å². The minimum absolute atomic E-state index is 0.346. The van der Waals surface area contributed by atoms with Crippen molar-refractivity contribution in [2.45, 2.75) is 75.6 Å². The summed E-state index contributed by atoms with van der Waals surface area (Å²) in [6, 6.07) is 13.3. The minimum atomic E-state index is -3.64. The van der Waals surface area contributed by atoms with Gasteiger partial charge in [0.15, 0.2) is 0 Å². The lowest BCUT2D eigenvalue weighted by atomic mass is 9.95. The number of sulfone groups is 1. The molecule has 0 radical (unpaired) electrons. The van der Waals surface area contributed by atoms with Crippen molar-refractivity contribution in [3.8, 4) is 5.82 Å². The van der Waals surface area contributed by atoms with Gasteiger partial charge in [0.2, 0.25) is 9.84 Å². The predicted octanol–water partition coefficient (Wildman–Crippen LogP) is 5.85. The molecule has 0 atom stereocenters. The third-order valence-corrected chi connectivity index (χ3v) is 8.34. The number of hydrogen-bond donors (Lipinski definition) is 0. The van der Waals surface area contributed by atoms with Gasteiger partial charge in [-0.2, -0.15) is 0 Å². The van der Waals surface area contributed by atoms with E-state index >= 15 is 0 Å². The first kappa shape index (κ1) is 20.0.